The lowest BCUT2D eigenvalue weighted by Crippen LogP contribution is -1.88. The fourth-order valence-corrected chi connectivity index (χ4v) is 0.704. The minimum absolute atomic E-state index is 0.577. The molecule has 0 amide bonds. The van der Waals surface area contributed by atoms with Gasteiger partial charge >= 0.3 is 0 Å². The largest absolute Gasteiger partial charge is 0.0988 e. The molecule has 76 valence electrons. The third-order valence-electron chi connectivity index (χ3n) is 1.38. The standard InChI is InChI=1S/C10H16.C3H8/c1-5-7-8-10(6-2)9(3)4;1-3-2/h5-9H,2H2,1,3-4H3;3H2,1-2H3/b7-5-,10-8+;. The molecular formula is C13H24. The first kappa shape index (κ1) is 14.7. The molecule has 0 aromatic rings. The van der Waals surface area contributed by atoms with Gasteiger partial charge in [0.25, 0.3) is 0 Å². The van der Waals surface area contributed by atoms with Crippen molar-refractivity contribution >= 4 is 0 Å². The van der Waals surface area contributed by atoms with Crippen LogP contribution in [0, 0.1) is 5.92 Å². The molecule has 0 aliphatic carbocycles. The predicted molar refractivity (Wildman–Crippen MR) is 63.9 cm³/mol. The predicted octanol–water partition coefficient (Wildman–Crippen LogP) is 4.75. The van der Waals surface area contributed by atoms with E-state index in [1.807, 2.05) is 25.2 Å². The number of hydrogen-bond acceptors (Lipinski definition) is 0. The minimum Gasteiger partial charge on any atom is -0.0988 e. The highest BCUT2D eigenvalue weighted by atomic mass is 14.0. The van der Waals surface area contributed by atoms with Gasteiger partial charge in [-0.1, -0.05) is 65.0 Å². The Morgan fingerprint density at radius 2 is 1.77 bits per heavy atom. The first-order chi connectivity index (χ1) is 6.13. The van der Waals surface area contributed by atoms with E-state index < -0.39 is 0 Å². The summed E-state index contributed by atoms with van der Waals surface area (Å²) in [6, 6.07) is 0. The third kappa shape index (κ3) is 11.2. The van der Waals surface area contributed by atoms with Crippen LogP contribution in [0.4, 0.5) is 0 Å². The van der Waals surface area contributed by atoms with E-state index in [2.05, 4.69) is 40.3 Å². The van der Waals surface area contributed by atoms with Crippen molar-refractivity contribution < 1.29 is 0 Å². The summed E-state index contributed by atoms with van der Waals surface area (Å²) in [6.45, 7) is 14.3. The Labute approximate surface area is 84.1 Å². The monoisotopic (exact) mass is 180 g/mol. The zero-order chi connectivity index (χ0) is 10.7. The van der Waals surface area contributed by atoms with E-state index in [1.165, 1.54) is 12.0 Å². The summed E-state index contributed by atoms with van der Waals surface area (Å²) >= 11 is 0. The SMILES string of the molecule is C=C/C(=C\C=C/C)C(C)C.CCC. The highest BCUT2D eigenvalue weighted by molar-refractivity contribution is 5.23. The zero-order valence-electron chi connectivity index (χ0n) is 9.80. The highest BCUT2D eigenvalue weighted by Gasteiger charge is 1.94. The van der Waals surface area contributed by atoms with Crippen LogP contribution < -0.4 is 0 Å². The molecule has 0 bridgehead atoms. The lowest BCUT2D eigenvalue weighted by Gasteiger charge is -2.02. The molecule has 0 heteroatoms. The Morgan fingerprint density at radius 1 is 1.31 bits per heavy atom. The van der Waals surface area contributed by atoms with Crippen LogP contribution in [0.5, 0.6) is 0 Å². The van der Waals surface area contributed by atoms with Gasteiger partial charge in [0, 0.05) is 0 Å². The lowest BCUT2D eigenvalue weighted by molar-refractivity contribution is 0.792. The molecule has 13 heavy (non-hydrogen) atoms. The molecular weight excluding hydrogens is 156 g/mol. The van der Waals surface area contributed by atoms with Crippen LogP contribution >= 0.6 is 0 Å². The highest BCUT2D eigenvalue weighted by Crippen LogP contribution is 2.09. The third-order valence-corrected chi connectivity index (χ3v) is 1.38. The first-order valence-electron chi connectivity index (χ1n) is 5.09. The fraction of sp³-hybridized carbons (Fsp3) is 0.538. The van der Waals surface area contributed by atoms with Crippen LogP contribution in [0.1, 0.15) is 41.0 Å². The summed E-state index contributed by atoms with van der Waals surface area (Å²) in [7, 11) is 0. The van der Waals surface area contributed by atoms with Crippen LogP contribution in [0.3, 0.4) is 0 Å². The van der Waals surface area contributed by atoms with Crippen molar-refractivity contribution in [3.8, 4) is 0 Å². The van der Waals surface area contributed by atoms with Crippen LogP contribution in [0.25, 0.3) is 0 Å². The quantitative estimate of drug-likeness (QED) is 0.550. The number of allylic oxidation sites excluding steroid dienone is 5. The number of rotatable bonds is 3. The van der Waals surface area contributed by atoms with Crippen LogP contribution in [0.2, 0.25) is 0 Å². The Kier molecular flexibility index (Phi) is 12.7. The topological polar surface area (TPSA) is 0 Å². The normalized spacial score (nSPS) is 11.4. The molecule has 0 heterocycles. The molecule has 0 aliphatic heterocycles. The molecule has 0 nitrogen and oxygen atoms in total. The van der Waals surface area contributed by atoms with Crippen LogP contribution in [-0.4, -0.2) is 0 Å². The smallest absolute Gasteiger partial charge is 0.0219 e. The lowest BCUT2D eigenvalue weighted by atomic mass is 10.0. The second-order valence-corrected chi connectivity index (χ2v) is 3.26. The van der Waals surface area contributed by atoms with Crippen molar-refractivity contribution in [3.05, 3.63) is 36.5 Å². The molecule has 0 N–H and O–H groups in total. The van der Waals surface area contributed by atoms with Crippen molar-refractivity contribution in [2.75, 3.05) is 0 Å². The van der Waals surface area contributed by atoms with Gasteiger partial charge in [0.05, 0.1) is 0 Å². The average Bonchev–Trinajstić information content (AvgIpc) is 2.06. The van der Waals surface area contributed by atoms with Crippen LogP contribution in [0.15, 0.2) is 36.5 Å². The van der Waals surface area contributed by atoms with E-state index >= 15 is 0 Å². The van der Waals surface area contributed by atoms with Gasteiger partial charge in [-0.2, -0.15) is 0 Å². The minimum atomic E-state index is 0.577. The number of hydrogen-bond donors (Lipinski definition) is 0. The van der Waals surface area contributed by atoms with Gasteiger partial charge in [0.2, 0.25) is 0 Å². The van der Waals surface area contributed by atoms with E-state index in [0.717, 1.165) is 0 Å². The van der Waals surface area contributed by atoms with E-state index in [-0.39, 0.29) is 0 Å². The molecule has 0 aromatic heterocycles. The summed E-state index contributed by atoms with van der Waals surface area (Å²) < 4.78 is 0. The molecule has 0 aliphatic rings. The van der Waals surface area contributed by atoms with Gasteiger partial charge in [-0.15, -0.1) is 0 Å². The summed E-state index contributed by atoms with van der Waals surface area (Å²) in [5.74, 6) is 0.577. The fourth-order valence-electron chi connectivity index (χ4n) is 0.704. The second-order valence-electron chi connectivity index (χ2n) is 3.26. The molecule has 0 fully saturated rings. The summed E-state index contributed by atoms with van der Waals surface area (Å²) in [6.07, 6.45) is 9.31. The van der Waals surface area contributed by atoms with Gasteiger partial charge in [0.1, 0.15) is 0 Å². The Balaban J connectivity index is 0. The molecule has 0 unspecified atom stereocenters. The summed E-state index contributed by atoms with van der Waals surface area (Å²) in [5, 5.41) is 0. The second kappa shape index (κ2) is 11.2. The summed E-state index contributed by atoms with van der Waals surface area (Å²) in [4.78, 5) is 0. The first-order valence-corrected chi connectivity index (χ1v) is 5.09. The van der Waals surface area contributed by atoms with Crippen LogP contribution in [-0.2, 0) is 0 Å². The maximum absolute atomic E-state index is 3.73. The Hall–Kier alpha value is -0.780. The van der Waals surface area contributed by atoms with E-state index in [1.54, 1.807) is 0 Å². The van der Waals surface area contributed by atoms with E-state index in [0.29, 0.717) is 5.92 Å². The molecule has 0 aromatic carbocycles. The van der Waals surface area contributed by atoms with E-state index in [9.17, 15) is 0 Å². The zero-order valence-corrected chi connectivity index (χ0v) is 9.80. The summed E-state index contributed by atoms with van der Waals surface area (Å²) in [5.41, 5.74) is 1.29. The van der Waals surface area contributed by atoms with Gasteiger partial charge in [0.15, 0.2) is 0 Å². The van der Waals surface area contributed by atoms with Gasteiger partial charge in [-0.05, 0) is 18.4 Å². The van der Waals surface area contributed by atoms with Crippen molar-refractivity contribution in [2.24, 2.45) is 5.92 Å². The molecule has 0 atom stereocenters. The average molecular weight is 180 g/mol. The molecule has 0 saturated carbocycles. The molecule has 0 radical (unpaired) electrons. The molecule has 0 spiro atoms. The van der Waals surface area contributed by atoms with Crippen molar-refractivity contribution in [1.82, 2.24) is 0 Å². The molecule has 0 saturated heterocycles. The van der Waals surface area contributed by atoms with Gasteiger partial charge < -0.3 is 0 Å². The maximum Gasteiger partial charge on any atom is -0.0219 e. The maximum atomic E-state index is 3.73. The van der Waals surface area contributed by atoms with Crippen molar-refractivity contribution in [1.29, 1.82) is 0 Å². The molecule has 0 rings (SSSR count). The van der Waals surface area contributed by atoms with Crippen molar-refractivity contribution in [3.63, 3.8) is 0 Å². The van der Waals surface area contributed by atoms with Crippen molar-refractivity contribution in [2.45, 2.75) is 41.0 Å². The van der Waals surface area contributed by atoms with E-state index in [4.69, 9.17) is 0 Å². The Bertz CT molecular complexity index is 159. The Morgan fingerprint density at radius 3 is 2.00 bits per heavy atom. The van der Waals surface area contributed by atoms with Gasteiger partial charge in [-0.25, -0.2) is 0 Å². The van der Waals surface area contributed by atoms with Gasteiger partial charge in [-0.3, -0.25) is 0 Å².